The Hall–Kier alpha value is -2.23. The van der Waals surface area contributed by atoms with E-state index in [1.807, 2.05) is 30.3 Å². The summed E-state index contributed by atoms with van der Waals surface area (Å²) in [6.45, 7) is 0. The maximum absolute atomic E-state index is 11.1. The van der Waals surface area contributed by atoms with E-state index in [1.165, 1.54) is 0 Å². The third-order valence-corrected chi connectivity index (χ3v) is 4.28. The Labute approximate surface area is 123 Å². The van der Waals surface area contributed by atoms with Gasteiger partial charge in [0.2, 0.25) is 0 Å². The van der Waals surface area contributed by atoms with Crippen LogP contribution in [0.15, 0.2) is 36.4 Å². The van der Waals surface area contributed by atoms with Gasteiger partial charge in [0.25, 0.3) is 0 Å². The van der Waals surface area contributed by atoms with Crippen molar-refractivity contribution in [2.75, 3.05) is 5.32 Å². The highest BCUT2D eigenvalue weighted by Gasteiger charge is 2.27. The SMILES string of the molecule is O=C(O)C1CCCC(Nc2cccc3c(O)cccc23)C1. The number of hydrogen-bond donors (Lipinski definition) is 3. The maximum atomic E-state index is 11.1. The molecular weight excluding hydrogens is 266 g/mol. The van der Waals surface area contributed by atoms with Gasteiger partial charge in [0.05, 0.1) is 5.92 Å². The van der Waals surface area contributed by atoms with Gasteiger partial charge >= 0.3 is 5.97 Å². The number of hydrogen-bond acceptors (Lipinski definition) is 3. The Morgan fingerprint density at radius 1 is 1.10 bits per heavy atom. The minimum atomic E-state index is -0.697. The average Bonchev–Trinajstić information content (AvgIpc) is 2.49. The minimum Gasteiger partial charge on any atom is -0.507 e. The molecule has 0 aromatic heterocycles. The quantitative estimate of drug-likeness (QED) is 0.806. The van der Waals surface area contributed by atoms with Gasteiger partial charge < -0.3 is 15.5 Å². The number of nitrogens with one attached hydrogen (secondary N) is 1. The lowest BCUT2D eigenvalue weighted by molar-refractivity contribution is -0.142. The van der Waals surface area contributed by atoms with E-state index in [4.69, 9.17) is 5.11 Å². The number of aliphatic carboxylic acids is 1. The first-order valence-electron chi connectivity index (χ1n) is 7.35. The molecule has 3 rings (SSSR count). The number of carboxylic acids is 1. The second-order valence-electron chi connectivity index (χ2n) is 5.72. The Morgan fingerprint density at radius 3 is 2.67 bits per heavy atom. The van der Waals surface area contributed by atoms with E-state index in [9.17, 15) is 9.90 Å². The van der Waals surface area contributed by atoms with Crippen LogP contribution in [-0.4, -0.2) is 22.2 Å². The second-order valence-corrected chi connectivity index (χ2v) is 5.72. The number of phenols is 1. The molecule has 21 heavy (non-hydrogen) atoms. The molecule has 1 aliphatic carbocycles. The zero-order chi connectivity index (χ0) is 14.8. The number of aromatic hydroxyl groups is 1. The Bertz CT molecular complexity index is 668. The van der Waals surface area contributed by atoms with Crippen LogP contribution in [0.4, 0.5) is 5.69 Å². The number of anilines is 1. The van der Waals surface area contributed by atoms with Crippen molar-refractivity contribution in [3.63, 3.8) is 0 Å². The van der Waals surface area contributed by atoms with Crippen molar-refractivity contribution in [3.8, 4) is 5.75 Å². The summed E-state index contributed by atoms with van der Waals surface area (Å²) >= 11 is 0. The molecule has 0 radical (unpaired) electrons. The lowest BCUT2D eigenvalue weighted by Crippen LogP contribution is -2.30. The number of fused-ring (bicyclic) bond motifs is 1. The molecule has 0 aliphatic heterocycles. The van der Waals surface area contributed by atoms with Crippen LogP contribution in [0.5, 0.6) is 5.75 Å². The predicted octanol–water partition coefficient (Wildman–Crippen LogP) is 3.60. The molecule has 110 valence electrons. The van der Waals surface area contributed by atoms with Crippen molar-refractivity contribution in [1.29, 1.82) is 0 Å². The first-order chi connectivity index (χ1) is 10.1. The zero-order valence-corrected chi connectivity index (χ0v) is 11.7. The smallest absolute Gasteiger partial charge is 0.306 e. The van der Waals surface area contributed by atoms with E-state index in [-0.39, 0.29) is 17.7 Å². The molecule has 3 N–H and O–H groups in total. The van der Waals surface area contributed by atoms with Crippen LogP contribution in [0.25, 0.3) is 10.8 Å². The largest absolute Gasteiger partial charge is 0.507 e. The summed E-state index contributed by atoms with van der Waals surface area (Å²) in [5, 5.41) is 24.3. The maximum Gasteiger partial charge on any atom is 0.306 e. The summed E-state index contributed by atoms with van der Waals surface area (Å²) in [5.74, 6) is -0.681. The number of benzene rings is 2. The number of carbonyl (C=O) groups is 1. The number of rotatable bonds is 3. The van der Waals surface area contributed by atoms with Crippen molar-refractivity contribution in [2.45, 2.75) is 31.7 Å². The fourth-order valence-electron chi connectivity index (χ4n) is 3.18. The van der Waals surface area contributed by atoms with Crippen molar-refractivity contribution >= 4 is 22.4 Å². The van der Waals surface area contributed by atoms with E-state index >= 15 is 0 Å². The van der Waals surface area contributed by atoms with Crippen molar-refractivity contribution in [2.24, 2.45) is 5.92 Å². The fraction of sp³-hybridized carbons (Fsp3) is 0.353. The molecule has 0 saturated heterocycles. The van der Waals surface area contributed by atoms with Crippen molar-refractivity contribution in [1.82, 2.24) is 0 Å². The van der Waals surface area contributed by atoms with E-state index < -0.39 is 5.97 Å². The van der Waals surface area contributed by atoms with Crippen LogP contribution in [0, 0.1) is 5.92 Å². The van der Waals surface area contributed by atoms with Gasteiger partial charge in [0.1, 0.15) is 5.75 Å². The summed E-state index contributed by atoms with van der Waals surface area (Å²) in [6.07, 6.45) is 3.35. The fourth-order valence-corrected chi connectivity index (χ4v) is 3.18. The molecule has 0 heterocycles. The van der Waals surface area contributed by atoms with E-state index in [2.05, 4.69) is 5.32 Å². The van der Waals surface area contributed by atoms with Gasteiger partial charge in [-0.05, 0) is 31.4 Å². The summed E-state index contributed by atoms with van der Waals surface area (Å²) in [5.41, 5.74) is 0.958. The number of carboxylic acid groups (broad SMARTS) is 1. The molecule has 2 atom stereocenters. The molecular formula is C17H19NO3. The first kappa shape index (κ1) is 13.7. The number of phenolic OH excluding ortho intramolecular Hbond substituents is 1. The van der Waals surface area contributed by atoms with E-state index in [0.717, 1.165) is 35.7 Å². The third-order valence-electron chi connectivity index (χ3n) is 4.28. The van der Waals surface area contributed by atoms with Gasteiger partial charge in [-0.25, -0.2) is 0 Å². The lowest BCUT2D eigenvalue weighted by Gasteiger charge is -2.28. The van der Waals surface area contributed by atoms with Crippen LogP contribution in [0.3, 0.4) is 0 Å². The Morgan fingerprint density at radius 2 is 1.86 bits per heavy atom. The van der Waals surface area contributed by atoms with Crippen molar-refractivity contribution in [3.05, 3.63) is 36.4 Å². The van der Waals surface area contributed by atoms with Gasteiger partial charge in [-0.1, -0.05) is 30.7 Å². The average molecular weight is 285 g/mol. The predicted molar refractivity (Wildman–Crippen MR) is 82.6 cm³/mol. The van der Waals surface area contributed by atoms with E-state index in [1.54, 1.807) is 6.07 Å². The summed E-state index contributed by atoms with van der Waals surface area (Å²) < 4.78 is 0. The van der Waals surface area contributed by atoms with Crippen LogP contribution in [0.1, 0.15) is 25.7 Å². The molecule has 2 aromatic carbocycles. The first-order valence-corrected chi connectivity index (χ1v) is 7.35. The molecule has 0 amide bonds. The molecule has 2 unspecified atom stereocenters. The van der Waals surface area contributed by atoms with Crippen molar-refractivity contribution < 1.29 is 15.0 Å². The topological polar surface area (TPSA) is 69.6 Å². The van der Waals surface area contributed by atoms with Crippen LogP contribution in [-0.2, 0) is 4.79 Å². The normalized spacial score (nSPS) is 22.1. The molecule has 1 saturated carbocycles. The van der Waals surface area contributed by atoms with Gasteiger partial charge in [-0.3, -0.25) is 4.79 Å². The second kappa shape index (κ2) is 5.64. The zero-order valence-electron chi connectivity index (χ0n) is 11.7. The minimum absolute atomic E-state index is 0.174. The summed E-state index contributed by atoms with van der Waals surface area (Å²) in [6, 6.07) is 11.4. The molecule has 4 nitrogen and oxygen atoms in total. The van der Waals surface area contributed by atoms with Gasteiger partial charge in [-0.15, -0.1) is 0 Å². The molecule has 4 heteroatoms. The van der Waals surface area contributed by atoms with Crippen LogP contribution in [0.2, 0.25) is 0 Å². The van der Waals surface area contributed by atoms with E-state index in [0.29, 0.717) is 6.42 Å². The Balaban J connectivity index is 1.85. The summed E-state index contributed by atoms with van der Waals surface area (Å²) in [7, 11) is 0. The Kier molecular flexibility index (Phi) is 3.69. The monoisotopic (exact) mass is 285 g/mol. The van der Waals surface area contributed by atoms with Crippen LogP contribution >= 0.6 is 0 Å². The molecule has 1 fully saturated rings. The highest BCUT2D eigenvalue weighted by atomic mass is 16.4. The lowest BCUT2D eigenvalue weighted by atomic mass is 9.85. The highest BCUT2D eigenvalue weighted by Crippen LogP contribution is 2.32. The van der Waals surface area contributed by atoms with Gasteiger partial charge in [-0.2, -0.15) is 0 Å². The van der Waals surface area contributed by atoms with Gasteiger partial charge in [0, 0.05) is 22.5 Å². The standard InChI is InChI=1S/C17H19NO3/c19-16-9-3-6-13-14(16)7-2-8-15(13)18-12-5-1-4-11(10-12)17(20)21/h2-3,6-9,11-12,18-19H,1,4-5,10H2,(H,20,21). The third kappa shape index (κ3) is 2.79. The molecule has 1 aliphatic rings. The highest BCUT2D eigenvalue weighted by molar-refractivity contribution is 5.97. The summed E-state index contributed by atoms with van der Waals surface area (Å²) in [4.78, 5) is 11.1. The molecule has 0 spiro atoms. The molecule has 2 aromatic rings. The van der Waals surface area contributed by atoms with Crippen LogP contribution < -0.4 is 5.32 Å². The molecule has 0 bridgehead atoms. The van der Waals surface area contributed by atoms with Gasteiger partial charge in [0.15, 0.2) is 0 Å².